The summed E-state index contributed by atoms with van der Waals surface area (Å²) >= 11 is 0. The lowest BCUT2D eigenvalue weighted by Gasteiger charge is -2.28. The molecule has 18 heavy (non-hydrogen) atoms. The minimum atomic E-state index is -1.40. The molecule has 108 valence electrons. The lowest BCUT2D eigenvalue weighted by molar-refractivity contribution is -0.130. The van der Waals surface area contributed by atoms with E-state index in [0.717, 1.165) is 0 Å². The van der Waals surface area contributed by atoms with E-state index in [1.807, 2.05) is 6.92 Å². The molecule has 0 aromatic rings. The second-order valence-corrected chi connectivity index (χ2v) is 3.91. The van der Waals surface area contributed by atoms with Gasteiger partial charge in [-0.15, -0.1) is 0 Å². The molecule has 0 aromatic carbocycles. The number of hydrogen-bond acceptors (Lipinski definition) is 6. The van der Waals surface area contributed by atoms with Gasteiger partial charge >= 0.3 is 0 Å². The van der Waals surface area contributed by atoms with Crippen molar-refractivity contribution in [1.82, 2.24) is 5.32 Å². The number of rotatable bonds is 11. The van der Waals surface area contributed by atoms with Crippen LogP contribution in [0.5, 0.6) is 0 Å². The van der Waals surface area contributed by atoms with Gasteiger partial charge in [0.1, 0.15) is 12.1 Å². The van der Waals surface area contributed by atoms with Crippen LogP contribution >= 0.6 is 0 Å². The Morgan fingerprint density at radius 3 is 2.17 bits per heavy atom. The summed E-state index contributed by atoms with van der Waals surface area (Å²) in [6.07, 6.45) is 0.687. The third-order valence-corrected chi connectivity index (χ3v) is 2.33. The minimum absolute atomic E-state index is 0.187. The van der Waals surface area contributed by atoms with Crippen LogP contribution in [0.25, 0.3) is 0 Å². The molecular formula is C11H23NO6. The van der Waals surface area contributed by atoms with E-state index in [2.05, 4.69) is 5.32 Å². The largest absolute Gasteiger partial charge is 0.394 e. The van der Waals surface area contributed by atoms with Gasteiger partial charge in [0.15, 0.2) is 0 Å². The second kappa shape index (κ2) is 10.2. The van der Waals surface area contributed by atoms with Crippen LogP contribution in [0.4, 0.5) is 0 Å². The zero-order valence-corrected chi connectivity index (χ0v) is 10.7. The summed E-state index contributed by atoms with van der Waals surface area (Å²) in [7, 11) is 0. The monoisotopic (exact) mass is 265 g/mol. The highest BCUT2D eigenvalue weighted by Gasteiger charge is 2.29. The number of nitrogens with one attached hydrogen (secondary N) is 1. The van der Waals surface area contributed by atoms with Gasteiger partial charge in [-0.2, -0.15) is 0 Å². The molecule has 0 saturated heterocycles. The molecule has 0 saturated carbocycles. The van der Waals surface area contributed by atoms with E-state index in [1.165, 1.54) is 0 Å². The van der Waals surface area contributed by atoms with Crippen LogP contribution in [0.1, 0.15) is 13.3 Å². The fourth-order valence-electron chi connectivity index (χ4n) is 1.17. The smallest absolute Gasteiger partial charge is 0.246 e. The van der Waals surface area contributed by atoms with Crippen molar-refractivity contribution in [2.45, 2.75) is 18.9 Å². The van der Waals surface area contributed by atoms with Gasteiger partial charge in [-0.3, -0.25) is 4.79 Å². The lowest BCUT2D eigenvalue weighted by Crippen LogP contribution is -2.57. The van der Waals surface area contributed by atoms with Crippen molar-refractivity contribution in [1.29, 1.82) is 0 Å². The molecule has 0 atom stereocenters. The maximum absolute atomic E-state index is 11.4. The number of ether oxygens (including phenoxy) is 2. The van der Waals surface area contributed by atoms with E-state index >= 15 is 0 Å². The number of carbonyl (C=O) groups is 1. The van der Waals surface area contributed by atoms with Crippen molar-refractivity contribution >= 4 is 5.91 Å². The third-order valence-electron chi connectivity index (χ3n) is 2.33. The first-order chi connectivity index (χ1) is 8.64. The average Bonchev–Trinajstić information content (AvgIpc) is 2.40. The molecular weight excluding hydrogens is 242 g/mol. The van der Waals surface area contributed by atoms with Crippen molar-refractivity contribution in [2.24, 2.45) is 0 Å². The van der Waals surface area contributed by atoms with Gasteiger partial charge in [0.25, 0.3) is 0 Å². The zero-order valence-electron chi connectivity index (χ0n) is 10.7. The molecule has 0 aliphatic heterocycles. The third kappa shape index (κ3) is 6.87. The molecule has 0 aliphatic rings. The molecule has 0 rings (SSSR count). The van der Waals surface area contributed by atoms with E-state index in [0.29, 0.717) is 26.2 Å². The van der Waals surface area contributed by atoms with Crippen LogP contribution in [0, 0.1) is 0 Å². The Kier molecular flexibility index (Phi) is 9.80. The minimum Gasteiger partial charge on any atom is -0.394 e. The van der Waals surface area contributed by atoms with Crippen molar-refractivity contribution in [3.8, 4) is 0 Å². The highest BCUT2D eigenvalue weighted by molar-refractivity contribution is 5.78. The molecule has 1 amide bonds. The SMILES string of the molecule is CCOCCCOCC(=O)NC(CO)(CO)CO. The Bertz CT molecular complexity index is 211. The molecule has 0 aliphatic carbocycles. The maximum atomic E-state index is 11.4. The second-order valence-electron chi connectivity index (χ2n) is 3.91. The van der Waals surface area contributed by atoms with Gasteiger partial charge in [0.2, 0.25) is 5.91 Å². The van der Waals surface area contributed by atoms with Crippen LogP contribution in [0.15, 0.2) is 0 Å². The van der Waals surface area contributed by atoms with E-state index in [9.17, 15) is 4.79 Å². The summed E-state index contributed by atoms with van der Waals surface area (Å²) in [4.78, 5) is 11.4. The molecule has 0 bridgehead atoms. The van der Waals surface area contributed by atoms with Crippen molar-refractivity contribution in [3.05, 3.63) is 0 Å². The van der Waals surface area contributed by atoms with E-state index in [1.54, 1.807) is 0 Å². The van der Waals surface area contributed by atoms with Crippen LogP contribution < -0.4 is 5.32 Å². The first-order valence-corrected chi connectivity index (χ1v) is 5.93. The Hall–Kier alpha value is -0.730. The summed E-state index contributed by atoms with van der Waals surface area (Å²) in [6.45, 7) is 1.68. The highest BCUT2D eigenvalue weighted by atomic mass is 16.5. The Labute approximate surface area is 107 Å². The number of hydrogen-bond donors (Lipinski definition) is 4. The first kappa shape index (κ1) is 17.3. The molecule has 0 spiro atoms. The van der Waals surface area contributed by atoms with Gasteiger partial charge in [0, 0.05) is 19.8 Å². The normalized spacial score (nSPS) is 11.6. The molecule has 7 heteroatoms. The summed E-state index contributed by atoms with van der Waals surface area (Å²) < 4.78 is 10.2. The average molecular weight is 265 g/mol. The van der Waals surface area contributed by atoms with Gasteiger partial charge in [0.05, 0.1) is 19.8 Å². The quantitative estimate of drug-likeness (QED) is 0.330. The predicted molar refractivity (Wildman–Crippen MR) is 64.1 cm³/mol. The molecule has 0 unspecified atom stereocenters. The van der Waals surface area contributed by atoms with Gasteiger partial charge in [-0.1, -0.05) is 0 Å². The first-order valence-electron chi connectivity index (χ1n) is 5.93. The van der Waals surface area contributed by atoms with E-state index in [-0.39, 0.29) is 6.61 Å². The Morgan fingerprint density at radius 2 is 1.67 bits per heavy atom. The van der Waals surface area contributed by atoms with Crippen LogP contribution in [-0.4, -0.2) is 73.0 Å². The summed E-state index contributed by atoms with van der Waals surface area (Å²) in [5.41, 5.74) is -1.40. The predicted octanol–water partition coefficient (Wildman–Crippen LogP) is -1.74. The van der Waals surface area contributed by atoms with Gasteiger partial charge in [-0.25, -0.2) is 0 Å². The number of amides is 1. The number of carbonyl (C=O) groups excluding carboxylic acids is 1. The van der Waals surface area contributed by atoms with Crippen molar-refractivity contribution in [3.63, 3.8) is 0 Å². The van der Waals surface area contributed by atoms with Crippen LogP contribution in [0.2, 0.25) is 0 Å². The molecule has 4 N–H and O–H groups in total. The summed E-state index contributed by atoms with van der Waals surface area (Å²) in [5.74, 6) is -0.497. The van der Waals surface area contributed by atoms with Gasteiger partial charge in [-0.05, 0) is 13.3 Å². The zero-order chi connectivity index (χ0) is 13.9. The molecule has 0 heterocycles. The number of aliphatic hydroxyl groups excluding tert-OH is 3. The van der Waals surface area contributed by atoms with Crippen molar-refractivity contribution in [2.75, 3.05) is 46.2 Å². The van der Waals surface area contributed by atoms with Crippen LogP contribution in [0.3, 0.4) is 0 Å². The highest BCUT2D eigenvalue weighted by Crippen LogP contribution is 2.01. The van der Waals surface area contributed by atoms with Crippen LogP contribution in [-0.2, 0) is 14.3 Å². The molecule has 0 radical (unpaired) electrons. The summed E-state index contributed by atoms with van der Waals surface area (Å²) in [6, 6.07) is 0. The maximum Gasteiger partial charge on any atom is 0.246 e. The fourth-order valence-corrected chi connectivity index (χ4v) is 1.17. The Balaban J connectivity index is 3.76. The van der Waals surface area contributed by atoms with Gasteiger partial charge < -0.3 is 30.1 Å². The Morgan fingerprint density at radius 1 is 1.11 bits per heavy atom. The molecule has 0 aromatic heterocycles. The number of aliphatic hydroxyl groups is 3. The summed E-state index contributed by atoms with van der Waals surface area (Å²) in [5, 5.41) is 29.3. The molecule has 0 fully saturated rings. The van der Waals surface area contributed by atoms with E-state index in [4.69, 9.17) is 24.8 Å². The standard InChI is InChI=1S/C11H23NO6/c1-2-17-4-3-5-18-6-10(16)12-11(7-13,8-14)9-15/h13-15H,2-9H2,1H3,(H,12,16). The van der Waals surface area contributed by atoms with E-state index < -0.39 is 31.3 Å². The van der Waals surface area contributed by atoms with Crippen molar-refractivity contribution < 1.29 is 29.6 Å². The fraction of sp³-hybridized carbons (Fsp3) is 0.909. The topological polar surface area (TPSA) is 108 Å². The lowest BCUT2D eigenvalue weighted by atomic mass is 10.0. The molecule has 7 nitrogen and oxygen atoms in total.